The second kappa shape index (κ2) is 6.45. The molecule has 2 rings (SSSR count). The Kier molecular flexibility index (Phi) is 4.82. The van der Waals surface area contributed by atoms with Crippen LogP contribution in [0.25, 0.3) is 0 Å². The minimum Gasteiger partial charge on any atom is -0.496 e. The molecule has 0 atom stereocenters. The molecule has 120 valence electrons. The quantitative estimate of drug-likeness (QED) is 0.873. The summed E-state index contributed by atoms with van der Waals surface area (Å²) >= 11 is 0. The molecule has 0 amide bonds. The van der Waals surface area contributed by atoms with Gasteiger partial charge in [0.2, 0.25) is 21.8 Å². The topological polar surface area (TPSA) is 94.3 Å². The van der Waals surface area contributed by atoms with Crippen LogP contribution >= 0.6 is 0 Å². The van der Waals surface area contributed by atoms with E-state index in [1.807, 2.05) is 13.8 Å². The van der Waals surface area contributed by atoms with E-state index < -0.39 is 10.0 Å². The van der Waals surface area contributed by atoms with Gasteiger partial charge in [-0.1, -0.05) is 13.8 Å². The van der Waals surface area contributed by atoms with Gasteiger partial charge in [-0.2, -0.15) is 0 Å². The molecule has 22 heavy (non-hydrogen) atoms. The van der Waals surface area contributed by atoms with Crippen molar-refractivity contribution in [3.63, 3.8) is 0 Å². The van der Waals surface area contributed by atoms with Crippen molar-refractivity contribution in [2.45, 2.75) is 38.1 Å². The smallest absolute Gasteiger partial charge is 0.241 e. The van der Waals surface area contributed by atoms with Gasteiger partial charge in [0.05, 0.1) is 18.6 Å². The van der Waals surface area contributed by atoms with Crippen molar-refractivity contribution in [2.24, 2.45) is 0 Å². The molecule has 1 heterocycles. The molecule has 0 spiro atoms. The molecule has 7 nitrogen and oxygen atoms in total. The van der Waals surface area contributed by atoms with Gasteiger partial charge in [-0.15, -0.1) is 10.2 Å². The Morgan fingerprint density at radius 1 is 1.32 bits per heavy atom. The lowest BCUT2D eigenvalue weighted by Crippen LogP contribution is -2.23. The third kappa shape index (κ3) is 3.63. The first kappa shape index (κ1) is 16.4. The van der Waals surface area contributed by atoms with Crippen LogP contribution in [0.3, 0.4) is 0 Å². The van der Waals surface area contributed by atoms with Gasteiger partial charge in [0.1, 0.15) is 5.75 Å². The number of nitrogens with one attached hydrogen (secondary N) is 1. The van der Waals surface area contributed by atoms with E-state index in [1.54, 1.807) is 19.1 Å². The fourth-order valence-electron chi connectivity index (χ4n) is 1.83. The highest BCUT2D eigenvalue weighted by atomic mass is 32.2. The molecule has 0 aliphatic rings. The summed E-state index contributed by atoms with van der Waals surface area (Å²) in [6, 6.07) is 4.66. The molecule has 1 aromatic heterocycles. The van der Waals surface area contributed by atoms with Crippen LogP contribution in [-0.2, 0) is 16.6 Å². The van der Waals surface area contributed by atoms with Gasteiger partial charge in [-0.05, 0) is 30.7 Å². The van der Waals surface area contributed by atoms with Crippen LogP contribution in [0.5, 0.6) is 5.75 Å². The van der Waals surface area contributed by atoms with Crippen LogP contribution in [0.1, 0.15) is 37.1 Å². The third-order valence-corrected chi connectivity index (χ3v) is 4.47. The lowest BCUT2D eigenvalue weighted by atomic mass is 10.2. The van der Waals surface area contributed by atoms with Crippen molar-refractivity contribution in [1.29, 1.82) is 0 Å². The summed E-state index contributed by atoms with van der Waals surface area (Å²) in [6.07, 6.45) is 0. The standard InChI is InChI=1S/C14H19N3O4S/c1-9(2)14-17-16-13(21-14)8-15-22(18,19)11-5-6-12(20-4)10(3)7-11/h5-7,9,15H,8H2,1-4H3. The molecule has 0 saturated heterocycles. The lowest BCUT2D eigenvalue weighted by molar-refractivity contribution is 0.411. The van der Waals surface area contributed by atoms with E-state index in [9.17, 15) is 8.42 Å². The predicted octanol–water partition coefficient (Wildman–Crippen LogP) is 1.99. The van der Waals surface area contributed by atoms with E-state index in [0.717, 1.165) is 5.56 Å². The Morgan fingerprint density at radius 3 is 2.59 bits per heavy atom. The maximum Gasteiger partial charge on any atom is 0.241 e. The summed E-state index contributed by atoms with van der Waals surface area (Å²) in [6.45, 7) is 5.57. The molecule has 0 aliphatic heterocycles. The molecule has 0 bridgehead atoms. The normalized spacial score (nSPS) is 11.9. The van der Waals surface area contributed by atoms with E-state index in [4.69, 9.17) is 9.15 Å². The van der Waals surface area contributed by atoms with Crippen LogP contribution in [-0.4, -0.2) is 25.7 Å². The zero-order valence-electron chi connectivity index (χ0n) is 13.0. The highest BCUT2D eigenvalue weighted by molar-refractivity contribution is 7.89. The Hall–Kier alpha value is -1.93. The van der Waals surface area contributed by atoms with Gasteiger partial charge in [-0.3, -0.25) is 0 Å². The number of nitrogens with zero attached hydrogens (tertiary/aromatic N) is 2. The zero-order valence-corrected chi connectivity index (χ0v) is 13.8. The van der Waals surface area contributed by atoms with Crippen LogP contribution in [0.4, 0.5) is 0 Å². The van der Waals surface area contributed by atoms with Crippen molar-refractivity contribution in [1.82, 2.24) is 14.9 Å². The summed E-state index contributed by atoms with van der Waals surface area (Å²) < 4.78 is 37.4. The van der Waals surface area contributed by atoms with Gasteiger partial charge in [-0.25, -0.2) is 13.1 Å². The molecular formula is C14H19N3O4S. The van der Waals surface area contributed by atoms with Crippen LogP contribution < -0.4 is 9.46 Å². The second-order valence-electron chi connectivity index (χ2n) is 5.14. The summed E-state index contributed by atoms with van der Waals surface area (Å²) in [5.41, 5.74) is 0.741. The van der Waals surface area contributed by atoms with E-state index >= 15 is 0 Å². The van der Waals surface area contributed by atoms with E-state index in [2.05, 4.69) is 14.9 Å². The zero-order chi connectivity index (χ0) is 16.3. The number of hydrogen-bond acceptors (Lipinski definition) is 6. The van der Waals surface area contributed by atoms with Gasteiger partial charge < -0.3 is 9.15 Å². The Morgan fingerprint density at radius 2 is 2.05 bits per heavy atom. The first-order chi connectivity index (χ1) is 10.3. The average Bonchev–Trinajstić information content (AvgIpc) is 2.94. The summed E-state index contributed by atoms with van der Waals surface area (Å²) in [4.78, 5) is 0.161. The predicted molar refractivity (Wildman–Crippen MR) is 80.1 cm³/mol. The molecule has 2 aromatic rings. The number of aryl methyl sites for hydroxylation is 1. The highest BCUT2D eigenvalue weighted by Gasteiger charge is 2.17. The number of methoxy groups -OCH3 is 1. The Labute approximate surface area is 129 Å². The number of sulfonamides is 1. The van der Waals surface area contributed by atoms with Gasteiger partial charge in [0.15, 0.2) is 0 Å². The van der Waals surface area contributed by atoms with E-state index in [-0.39, 0.29) is 23.2 Å². The number of aromatic nitrogens is 2. The second-order valence-corrected chi connectivity index (χ2v) is 6.91. The highest BCUT2D eigenvalue weighted by Crippen LogP contribution is 2.21. The molecule has 8 heteroatoms. The van der Waals surface area contributed by atoms with Gasteiger partial charge in [0.25, 0.3) is 0 Å². The summed E-state index contributed by atoms with van der Waals surface area (Å²) in [5.74, 6) is 1.45. The molecule has 0 aliphatic carbocycles. The fourth-order valence-corrected chi connectivity index (χ4v) is 2.89. The van der Waals surface area contributed by atoms with Crippen molar-refractivity contribution >= 4 is 10.0 Å². The molecule has 0 saturated carbocycles. The lowest BCUT2D eigenvalue weighted by Gasteiger charge is -2.08. The number of benzene rings is 1. The van der Waals surface area contributed by atoms with Gasteiger partial charge >= 0.3 is 0 Å². The van der Waals surface area contributed by atoms with E-state index in [1.165, 1.54) is 13.2 Å². The van der Waals surface area contributed by atoms with Crippen molar-refractivity contribution in [3.8, 4) is 5.75 Å². The van der Waals surface area contributed by atoms with Crippen LogP contribution in [0, 0.1) is 6.92 Å². The number of hydrogen-bond donors (Lipinski definition) is 1. The number of rotatable bonds is 6. The maximum atomic E-state index is 12.3. The molecule has 1 aromatic carbocycles. The van der Waals surface area contributed by atoms with Crippen LogP contribution in [0.2, 0.25) is 0 Å². The number of ether oxygens (including phenoxy) is 1. The van der Waals surface area contributed by atoms with Crippen LogP contribution in [0.15, 0.2) is 27.5 Å². The monoisotopic (exact) mass is 325 g/mol. The maximum absolute atomic E-state index is 12.3. The van der Waals surface area contributed by atoms with Crippen molar-refractivity contribution in [2.75, 3.05) is 7.11 Å². The third-order valence-electron chi connectivity index (χ3n) is 3.07. The van der Waals surface area contributed by atoms with Gasteiger partial charge in [0, 0.05) is 5.92 Å². The average molecular weight is 325 g/mol. The summed E-state index contributed by atoms with van der Waals surface area (Å²) in [7, 11) is -2.11. The summed E-state index contributed by atoms with van der Waals surface area (Å²) in [5, 5.41) is 7.67. The fraction of sp³-hybridized carbons (Fsp3) is 0.429. The molecular weight excluding hydrogens is 306 g/mol. The van der Waals surface area contributed by atoms with Crippen molar-refractivity contribution < 1.29 is 17.6 Å². The Bertz CT molecular complexity index is 753. The largest absolute Gasteiger partial charge is 0.496 e. The molecule has 0 fully saturated rings. The molecule has 1 N–H and O–H groups in total. The van der Waals surface area contributed by atoms with E-state index in [0.29, 0.717) is 11.6 Å². The first-order valence-electron chi connectivity index (χ1n) is 6.80. The molecule has 0 radical (unpaired) electrons. The molecule has 0 unspecified atom stereocenters. The SMILES string of the molecule is COc1ccc(S(=O)(=O)NCc2nnc(C(C)C)o2)cc1C. The first-order valence-corrected chi connectivity index (χ1v) is 8.28. The minimum atomic E-state index is -3.65. The Balaban J connectivity index is 2.12. The van der Waals surface area contributed by atoms with Crippen molar-refractivity contribution in [3.05, 3.63) is 35.5 Å². The minimum absolute atomic E-state index is 0.0485.